The van der Waals surface area contributed by atoms with Crippen LogP contribution in [0.2, 0.25) is 0 Å². The molecule has 0 unspecified atom stereocenters. The first-order valence-corrected chi connectivity index (χ1v) is 8.54. The summed E-state index contributed by atoms with van der Waals surface area (Å²) >= 11 is 0. The van der Waals surface area contributed by atoms with E-state index in [9.17, 15) is 5.11 Å². The van der Waals surface area contributed by atoms with Crippen LogP contribution in [-0.4, -0.2) is 35.3 Å². The average Bonchev–Trinajstić information content (AvgIpc) is 3.03. The lowest BCUT2D eigenvalue weighted by Gasteiger charge is -2.29. The summed E-state index contributed by atoms with van der Waals surface area (Å²) in [6, 6.07) is 10.6. The van der Waals surface area contributed by atoms with Gasteiger partial charge >= 0.3 is 0 Å². The molecular formula is C20H29NO3. The summed E-state index contributed by atoms with van der Waals surface area (Å²) in [5.74, 6) is 0.776. The maximum Gasteiger partial charge on any atom is 0.129 e. The van der Waals surface area contributed by atoms with Gasteiger partial charge in [0.2, 0.25) is 0 Å². The molecule has 0 radical (unpaired) electrons. The van der Waals surface area contributed by atoms with E-state index in [1.807, 2.05) is 12.1 Å². The molecule has 24 heavy (non-hydrogen) atoms. The van der Waals surface area contributed by atoms with Crippen molar-refractivity contribution in [2.75, 3.05) is 13.2 Å². The predicted octanol–water partition coefficient (Wildman–Crippen LogP) is 3.68. The number of furan rings is 1. The molecule has 1 aromatic heterocycles. The van der Waals surface area contributed by atoms with E-state index in [2.05, 4.69) is 50.8 Å². The lowest BCUT2D eigenvalue weighted by Crippen LogP contribution is -2.39. The van der Waals surface area contributed by atoms with Gasteiger partial charge in [0.05, 0.1) is 19.0 Å². The number of hydrogen-bond donors (Lipinski definition) is 1. The van der Waals surface area contributed by atoms with Crippen LogP contribution in [0, 0.1) is 13.8 Å². The van der Waals surface area contributed by atoms with Crippen molar-refractivity contribution < 1.29 is 14.3 Å². The fraction of sp³-hybridized carbons (Fsp3) is 0.500. The summed E-state index contributed by atoms with van der Waals surface area (Å²) in [5.41, 5.74) is 3.86. The molecule has 2 aromatic rings. The fourth-order valence-corrected chi connectivity index (χ4v) is 2.66. The molecule has 4 heteroatoms. The third kappa shape index (κ3) is 5.78. The predicted molar refractivity (Wildman–Crippen MR) is 95.8 cm³/mol. The summed E-state index contributed by atoms with van der Waals surface area (Å²) < 4.78 is 10.8. The SMILES string of the molecule is Cc1ccc(C)c(CN(C[C@H](O)COCc2ccco2)C(C)C)c1. The molecule has 1 heterocycles. The van der Waals surface area contributed by atoms with Gasteiger partial charge < -0.3 is 14.3 Å². The Morgan fingerprint density at radius 3 is 2.67 bits per heavy atom. The van der Waals surface area contributed by atoms with E-state index in [4.69, 9.17) is 9.15 Å². The Labute approximate surface area is 145 Å². The average molecular weight is 331 g/mol. The van der Waals surface area contributed by atoms with E-state index in [0.717, 1.165) is 12.3 Å². The first-order chi connectivity index (χ1) is 11.5. The van der Waals surface area contributed by atoms with Crippen molar-refractivity contribution in [3.8, 4) is 0 Å². The van der Waals surface area contributed by atoms with Crippen LogP contribution in [-0.2, 0) is 17.9 Å². The van der Waals surface area contributed by atoms with Crippen molar-refractivity contribution in [2.45, 2.75) is 53.0 Å². The standard InChI is InChI=1S/C20H29NO3/c1-15(2)21(11-18-10-16(3)7-8-17(18)4)12-19(22)13-23-14-20-6-5-9-24-20/h5-10,15,19,22H,11-14H2,1-4H3/t19-/m0/s1. The highest BCUT2D eigenvalue weighted by atomic mass is 16.5. The van der Waals surface area contributed by atoms with Gasteiger partial charge in [-0.2, -0.15) is 0 Å². The molecule has 0 aliphatic carbocycles. The van der Waals surface area contributed by atoms with Crippen LogP contribution in [0.25, 0.3) is 0 Å². The van der Waals surface area contributed by atoms with Gasteiger partial charge in [-0.1, -0.05) is 23.8 Å². The van der Waals surface area contributed by atoms with Crippen LogP contribution in [0.3, 0.4) is 0 Å². The van der Waals surface area contributed by atoms with Gasteiger partial charge in [-0.3, -0.25) is 4.90 Å². The van der Waals surface area contributed by atoms with Gasteiger partial charge in [0.1, 0.15) is 12.4 Å². The molecule has 0 aliphatic heterocycles. The van der Waals surface area contributed by atoms with E-state index in [-0.39, 0.29) is 0 Å². The topological polar surface area (TPSA) is 45.8 Å². The third-order valence-electron chi connectivity index (χ3n) is 4.19. The second-order valence-electron chi connectivity index (χ2n) is 6.70. The fourth-order valence-electron chi connectivity index (χ4n) is 2.66. The van der Waals surface area contributed by atoms with Gasteiger partial charge in [-0.05, 0) is 51.0 Å². The third-order valence-corrected chi connectivity index (χ3v) is 4.19. The van der Waals surface area contributed by atoms with Crippen molar-refractivity contribution >= 4 is 0 Å². The first kappa shape index (κ1) is 18.7. The Balaban J connectivity index is 1.86. The molecule has 0 bridgehead atoms. The lowest BCUT2D eigenvalue weighted by atomic mass is 10.0. The molecule has 0 saturated heterocycles. The lowest BCUT2D eigenvalue weighted by molar-refractivity contribution is -0.00119. The highest BCUT2D eigenvalue weighted by molar-refractivity contribution is 5.30. The van der Waals surface area contributed by atoms with Crippen LogP contribution < -0.4 is 0 Å². The number of rotatable bonds is 9. The molecule has 0 amide bonds. The zero-order valence-electron chi connectivity index (χ0n) is 15.2. The smallest absolute Gasteiger partial charge is 0.129 e. The summed E-state index contributed by atoms with van der Waals surface area (Å²) in [5, 5.41) is 10.3. The number of aryl methyl sites for hydroxylation is 2. The van der Waals surface area contributed by atoms with Gasteiger partial charge in [-0.15, -0.1) is 0 Å². The second kappa shape index (κ2) is 9.02. The van der Waals surface area contributed by atoms with Gasteiger partial charge in [0.15, 0.2) is 0 Å². The maximum atomic E-state index is 10.3. The summed E-state index contributed by atoms with van der Waals surface area (Å²) in [7, 11) is 0. The van der Waals surface area contributed by atoms with Gasteiger partial charge in [-0.25, -0.2) is 0 Å². The van der Waals surface area contributed by atoms with Gasteiger partial charge in [0.25, 0.3) is 0 Å². The molecule has 0 spiro atoms. The molecule has 1 atom stereocenters. The van der Waals surface area contributed by atoms with Crippen molar-refractivity contribution in [1.82, 2.24) is 4.90 Å². The molecule has 0 aliphatic rings. The Morgan fingerprint density at radius 2 is 2.00 bits per heavy atom. The molecule has 0 saturated carbocycles. The highest BCUT2D eigenvalue weighted by Gasteiger charge is 2.16. The van der Waals surface area contributed by atoms with Crippen LogP contribution in [0.5, 0.6) is 0 Å². The molecule has 1 N–H and O–H groups in total. The number of ether oxygens (including phenoxy) is 1. The van der Waals surface area contributed by atoms with Crippen LogP contribution >= 0.6 is 0 Å². The van der Waals surface area contributed by atoms with E-state index in [1.165, 1.54) is 16.7 Å². The minimum atomic E-state index is -0.521. The molecular weight excluding hydrogens is 302 g/mol. The molecule has 2 rings (SSSR count). The Hall–Kier alpha value is -1.62. The first-order valence-electron chi connectivity index (χ1n) is 8.54. The Bertz CT molecular complexity index is 607. The monoisotopic (exact) mass is 331 g/mol. The van der Waals surface area contributed by atoms with E-state index in [1.54, 1.807) is 6.26 Å². The van der Waals surface area contributed by atoms with Crippen LogP contribution in [0.1, 0.15) is 36.3 Å². The largest absolute Gasteiger partial charge is 0.467 e. The molecule has 0 fully saturated rings. The number of aliphatic hydroxyl groups is 1. The van der Waals surface area contributed by atoms with E-state index >= 15 is 0 Å². The zero-order chi connectivity index (χ0) is 17.5. The summed E-state index contributed by atoms with van der Waals surface area (Å²) in [6.07, 6.45) is 1.10. The minimum Gasteiger partial charge on any atom is -0.467 e. The van der Waals surface area contributed by atoms with Gasteiger partial charge in [0, 0.05) is 19.1 Å². The minimum absolute atomic E-state index is 0.302. The number of hydrogen-bond acceptors (Lipinski definition) is 4. The van der Waals surface area contributed by atoms with Crippen molar-refractivity contribution in [2.24, 2.45) is 0 Å². The molecule has 132 valence electrons. The van der Waals surface area contributed by atoms with E-state index in [0.29, 0.717) is 25.8 Å². The zero-order valence-corrected chi connectivity index (χ0v) is 15.2. The quantitative estimate of drug-likeness (QED) is 0.761. The van der Waals surface area contributed by atoms with Crippen molar-refractivity contribution in [1.29, 1.82) is 0 Å². The van der Waals surface area contributed by atoms with Crippen molar-refractivity contribution in [3.05, 3.63) is 59.0 Å². The number of benzene rings is 1. The van der Waals surface area contributed by atoms with Crippen molar-refractivity contribution in [3.63, 3.8) is 0 Å². The Morgan fingerprint density at radius 1 is 1.21 bits per heavy atom. The van der Waals surface area contributed by atoms with Crippen LogP contribution in [0.4, 0.5) is 0 Å². The second-order valence-corrected chi connectivity index (χ2v) is 6.70. The molecule has 1 aromatic carbocycles. The maximum absolute atomic E-state index is 10.3. The van der Waals surface area contributed by atoms with Crippen LogP contribution in [0.15, 0.2) is 41.0 Å². The number of nitrogens with zero attached hydrogens (tertiary/aromatic N) is 1. The Kier molecular flexibility index (Phi) is 7.03. The van der Waals surface area contributed by atoms with E-state index < -0.39 is 6.10 Å². The summed E-state index contributed by atoms with van der Waals surface area (Å²) in [4.78, 5) is 2.28. The normalized spacial score (nSPS) is 13.0. The number of aliphatic hydroxyl groups excluding tert-OH is 1. The highest BCUT2D eigenvalue weighted by Crippen LogP contribution is 2.15. The molecule has 4 nitrogen and oxygen atoms in total. The summed E-state index contributed by atoms with van der Waals surface area (Å²) in [6.45, 7) is 10.7.